The van der Waals surface area contributed by atoms with Gasteiger partial charge < -0.3 is 29.9 Å². The highest BCUT2D eigenvalue weighted by atomic mass is 16.6. The number of cyclic esters (lactones) is 1. The summed E-state index contributed by atoms with van der Waals surface area (Å²) in [6, 6.07) is 0. The molecule has 40 heavy (non-hydrogen) atoms. The molecule has 0 aromatic heterocycles. The number of aliphatic hydroxyl groups is 4. The van der Waals surface area contributed by atoms with Crippen LogP contribution >= 0.6 is 0 Å². The topological polar surface area (TPSA) is 137 Å². The van der Waals surface area contributed by atoms with Crippen molar-refractivity contribution in [2.45, 2.75) is 129 Å². The van der Waals surface area contributed by atoms with Crippen LogP contribution in [0.2, 0.25) is 0 Å². The van der Waals surface area contributed by atoms with Gasteiger partial charge in [0.1, 0.15) is 12.2 Å². The van der Waals surface area contributed by atoms with E-state index in [1.165, 1.54) is 0 Å². The van der Waals surface area contributed by atoms with Crippen molar-refractivity contribution in [3.63, 3.8) is 0 Å². The summed E-state index contributed by atoms with van der Waals surface area (Å²) >= 11 is 0. The van der Waals surface area contributed by atoms with E-state index < -0.39 is 54.1 Å². The molecule has 0 aromatic carbocycles. The Balaban J connectivity index is 2.15. The first-order valence-corrected chi connectivity index (χ1v) is 14.5. The van der Waals surface area contributed by atoms with E-state index in [-0.39, 0.29) is 25.0 Å². The Morgan fingerprint density at radius 3 is 2.38 bits per heavy atom. The highest BCUT2D eigenvalue weighted by Gasteiger charge is 2.37. The van der Waals surface area contributed by atoms with Gasteiger partial charge in [-0.15, -0.1) is 0 Å². The maximum absolute atomic E-state index is 12.6. The van der Waals surface area contributed by atoms with Crippen molar-refractivity contribution < 1.29 is 39.5 Å². The number of esters is 1. The molecule has 0 saturated carbocycles. The predicted molar refractivity (Wildman–Crippen MR) is 154 cm³/mol. The fourth-order valence-corrected chi connectivity index (χ4v) is 5.21. The van der Waals surface area contributed by atoms with Crippen molar-refractivity contribution in [2.75, 3.05) is 0 Å². The first-order chi connectivity index (χ1) is 18.6. The minimum absolute atomic E-state index is 0.100. The predicted octanol–water partition coefficient (Wildman–Crippen LogP) is 4.11. The van der Waals surface area contributed by atoms with Crippen molar-refractivity contribution >= 4 is 11.8 Å². The van der Waals surface area contributed by atoms with E-state index >= 15 is 0 Å². The molecular weight excluding hydrogens is 512 g/mol. The van der Waals surface area contributed by atoms with Crippen LogP contribution < -0.4 is 0 Å². The average Bonchev–Trinajstić information content (AvgIpc) is 3.58. The molecule has 8 heteroatoms. The van der Waals surface area contributed by atoms with Crippen LogP contribution in [-0.2, 0) is 19.1 Å². The van der Waals surface area contributed by atoms with Gasteiger partial charge in [-0.25, -0.2) is 4.79 Å². The Hall–Kier alpha value is -2.10. The summed E-state index contributed by atoms with van der Waals surface area (Å²) in [5, 5.41) is 42.6. The molecule has 9 unspecified atom stereocenters. The first kappa shape index (κ1) is 34.1. The standard InChI is InChI=1S/C32H50O8/c1-19-13-20(2)15-28-27(40-28)12-10-8-9-11-21(3)31(37)39-24(6)16-22(4)29(35)30(36)26(34)17-25(33)18-32(7,38)23(5)14-19/h10-12,14,20,22,24-25,27-30,33,35-36,38H,1,8-9,13,15-18H2,2-7H3/b12-10+,21-11+,23-14+. The Labute approximate surface area is 239 Å². The zero-order valence-electron chi connectivity index (χ0n) is 25.0. The number of rotatable bonds is 0. The van der Waals surface area contributed by atoms with Gasteiger partial charge in [-0.3, -0.25) is 4.79 Å². The normalized spacial score (nSPS) is 42.0. The van der Waals surface area contributed by atoms with E-state index in [9.17, 15) is 30.0 Å². The maximum atomic E-state index is 12.6. The lowest BCUT2D eigenvalue weighted by Crippen LogP contribution is -2.41. The van der Waals surface area contributed by atoms with Crippen LogP contribution in [0.1, 0.15) is 86.5 Å². The molecule has 2 heterocycles. The number of hydrogen-bond acceptors (Lipinski definition) is 8. The zero-order chi connectivity index (χ0) is 30.2. The van der Waals surface area contributed by atoms with E-state index in [0.717, 1.165) is 24.8 Å². The van der Waals surface area contributed by atoms with Gasteiger partial charge >= 0.3 is 5.97 Å². The molecule has 0 radical (unpaired) electrons. The Kier molecular flexibility index (Phi) is 13.0. The number of hydrogen-bond donors (Lipinski definition) is 4. The molecule has 9 atom stereocenters. The van der Waals surface area contributed by atoms with Crippen molar-refractivity contribution in [3.8, 4) is 0 Å². The largest absolute Gasteiger partial charge is 0.459 e. The van der Waals surface area contributed by atoms with E-state index in [1.54, 1.807) is 34.6 Å². The van der Waals surface area contributed by atoms with Crippen LogP contribution in [-0.4, -0.2) is 74.4 Å². The maximum Gasteiger partial charge on any atom is 0.333 e. The van der Waals surface area contributed by atoms with Gasteiger partial charge in [-0.2, -0.15) is 0 Å². The molecular formula is C32H50O8. The zero-order valence-corrected chi connectivity index (χ0v) is 25.0. The lowest BCUT2D eigenvalue weighted by molar-refractivity contribution is -0.146. The van der Waals surface area contributed by atoms with Crippen LogP contribution in [0.3, 0.4) is 0 Å². The number of ketones is 1. The van der Waals surface area contributed by atoms with Gasteiger partial charge in [-0.05, 0) is 77.2 Å². The van der Waals surface area contributed by atoms with Crippen LogP contribution in [0.5, 0.6) is 0 Å². The molecule has 0 spiro atoms. The van der Waals surface area contributed by atoms with Crippen molar-refractivity contribution in [2.24, 2.45) is 11.8 Å². The van der Waals surface area contributed by atoms with Crippen LogP contribution in [0.15, 0.2) is 47.6 Å². The van der Waals surface area contributed by atoms with Gasteiger partial charge in [0.2, 0.25) is 0 Å². The minimum Gasteiger partial charge on any atom is -0.459 e. The molecule has 0 amide bonds. The summed E-state index contributed by atoms with van der Waals surface area (Å²) in [6.45, 7) is 14.7. The highest BCUT2D eigenvalue weighted by Crippen LogP contribution is 2.33. The molecule has 0 aromatic rings. The summed E-state index contributed by atoms with van der Waals surface area (Å²) in [4.78, 5) is 25.1. The minimum atomic E-state index is -1.71. The summed E-state index contributed by atoms with van der Waals surface area (Å²) in [7, 11) is 0. The summed E-state index contributed by atoms with van der Waals surface area (Å²) in [5.74, 6) is -1.40. The van der Waals surface area contributed by atoms with Gasteiger partial charge in [0.15, 0.2) is 5.78 Å². The third-order valence-corrected chi connectivity index (χ3v) is 7.89. The van der Waals surface area contributed by atoms with E-state index in [2.05, 4.69) is 25.7 Å². The third kappa shape index (κ3) is 11.1. The highest BCUT2D eigenvalue weighted by molar-refractivity contribution is 5.87. The Morgan fingerprint density at radius 2 is 1.70 bits per heavy atom. The van der Waals surface area contributed by atoms with Gasteiger partial charge in [0.25, 0.3) is 0 Å². The SMILES string of the molecule is C=C1/C=C(\C)C(C)(O)CC(O)CC(=O)C(O)C(O)C(C)CC(C)OC(=O)/C(C)=C/CC/C=C/C2OC2CC(C)C1. The van der Waals surface area contributed by atoms with Crippen LogP contribution in [0.4, 0.5) is 0 Å². The molecule has 2 aliphatic rings. The van der Waals surface area contributed by atoms with Gasteiger partial charge in [0.05, 0.1) is 30.0 Å². The summed E-state index contributed by atoms with van der Waals surface area (Å²) in [6.07, 6.45) is 5.95. The van der Waals surface area contributed by atoms with Gasteiger partial charge in [-0.1, -0.05) is 50.3 Å². The number of epoxide rings is 1. The Morgan fingerprint density at radius 1 is 1.02 bits per heavy atom. The van der Waals surface area contributed by atoms with Crippen LogP contribution in [0, 0.1) is 11.8 Å². The number of allylic oxidation sites excluding steroid dienone is 4. The molecule has 1 fully saturated rings. The van der Waals surface area contributed by atoms with E-state index in [0.29, 0.717) is 23.5 Å². The number of aliphatic hydroxyl groups excluding tert-OH is 3. The molecule has 226 valence electrons. The number of fused-ring (bicyclic) bond motifs is 1. The fraction of sp³-hybridized carbons (Fsp3) is 0.688. The molecule has 0 aliphatic carbocycles. The second-order valence-electron chi connectivity index (χ2n) is 12.2. The molecule has 2 rings (SSSR count). The van der Waals surface area contributed by atoms with E-state index in [1.807, 2.05) is 12.2 Å². The Bertz CT molecular complexity index is 977. The molecule has 4 N–H and O–H groups in total. The monoisotopic (exact) mass is 562 g/mol. The molecule has 2 aliphatic heterocycles. The van der Waals surface area contributed by atoms with Crippen molar-refractivity contribution in [3.05, 3.63) is 47.6 Å². The average molecular weight is 563 g/mol. The number of ether oxygens (including phenoxy) is 2. The molecule has 0 bridgehead atoms. The number of carbonyl (C=O) groups is 2. The second-order valence-corrected chi connectivity index (χ2v) is 12.2. The smallest absolute Gasteiger partial charge is 0.333 e. The first-order valence-electron chi connectivity index (χ1n) is 14.5. The molecule has 1 saturated heterocycles. The van der Waals surface area contributed by atoms with Crippen molar-refractivity contribution in [1.29, 1.82) is 0 Å². The second kappa shape index (κ2) is 15.2. The lowest BCUT2D eigenvalue weighted by atomic mass is 9.85. The number of carbonyl (C=O) groups excluding carboxylic acids is 2. The summed E-state index contributed by atoms with van der Waals surface area (Å²) in [5.41, 5.74) is 0.569. The molecule has 8 nitrogen and oxygen atoms in total. The lowest BCUT2D eigenvalue weighted by Gasteiger charge is -2.29. The summed E-state index contributed by atoms with van der Waals surface area (Å²) < 4.78 is 11.3. The fourth-order valence-electron chi connectivity index (χ4n) is 5.21. The number of Topliss-reactive ketones (excluding diaryl/α,β-unsaturated/α-hetero) is 1. The quantitative estimate of drug-likeness (QED) is 0.197. The van der Waals surface area contributed by atoms with Crippen molar-refractivity contribution in [1.82, 2.24) is 0 Å². The third-order valence-electron chi connectivity index (χ3n) is 7.89. The van der Waals surface area contributed by atoms with E-state index in [4.69, 9.17) is 9.47 Å². The van der Waals surface area contributed by atoms with Crippen LogP contribution in [0.25, 0.3) is 0 Å². The van der Waals surface area contributed by atoms with Gasteiger partial charge in [0, 0.05) is 18.4 Å².